The van der Waals surface area contributed by atoms with Gasteiger partial charge in [-0.1, -0.05) is 24.3 Å². The lowest BCUT2D eigenvalue weighted by Crippen LogP contribution is -2.06. The number of aromatic nitrogens is 3. The van der Waals surface area contributed by atoms with Crippen molar-refractivity contribution in [3.05, 3.63) is 60.0 Å². The maximum absolute atomic E-state index is 11.1. The van der Waals surface area contributed by atoms with E-state index in [1.165, 1.54) is 10.6 Å². The number of carbonyl (C=O) groups is 1. The third kappa shape index (κ3) is 2.31. The molecule has 1 N–H and O–H groups in total. The quantitative estimate of drug-likeness (QED) is 0.784. The Labute approximate surface area is 114 Å². The molecule has 0 radical (unpaired) electrons. The van der Waals surface area contributed by atoms with Gasteiger partial charge in [0.15, 0.2) is 17.2 Å². The lowest BCUT2D eigenvalue weighted by Gasteiger charge is -2.01. The van der Waals surface area contributed by atoms with Gasteiger partial charge in [-0.3, -0.25) is 0 Å². The molecular formula is C14H11N3O3. The van der Waals surface area contributed by atoms with E-state index in [1.54, 1.807) is 12.1 Å². The zero-order chi connectivity index (χ0) is 13.9. The minimum atomic E-state index is -1.05. The standard InChI is InChI=1S/C14H11N3O3/c18-14(19)11-7-4-8-13-15-12(16-17(11)13)9-20-10-5-2-1-3-6-10/h1-8H,9H2,(H,18,19). The van der Waals surface area contributed by atoms with Gasteiger partial charge in [-0.15, -0.1) is 5.10 Å². The Kier molecular flexibility index (Phi) is 3.04. The second-order valence-electron chi connectivity index (χ2n) is 4.12. The number of para-hydroxylation sites is 1. The summed E-state index contributed by atoms with van der Waals surface area (Å²) in [5, 5.41) is 13.2. The van der Waals surface area contributed by atoms with Crippen molar-refractivity contribution in [3.63, 3.8) is 0 Å². The van der Waals surface area contributed by atoms with Crippen molar-refractivity contribution < 1.29 is 14.6 Å². The van der Waals surface area contributed by atoms with Gasteiger partial charge in [-0.25, -0.2) is 14.3 Å². The van der Waals surface area contributed by atoms with Crippen LogP contribution < -0.4 is 4.74 Å². The van der Waals surface area contributed by atoms with Gasteiger partial charge >= 0.3 is 5.97 Å². The minimum Gasteiger partial charge on any atom is -0.486 e. The first kappa shape index (κ1) is 12.2. The van der Waals surface area contributed by atoms with E-state index in [0.29, 0.717) is 17.2 Å². The molecule has 0 aliphatic carbocycles. The second-order valence-corrected chi connectivity index (χ2v) is 4.12. The SMILES string of the molecule is O=C(O)c1cccc2nc(COc3ccccc3)nn12. The number of pyridine rings is 1. The normalized spacial score (nSPS) is 10.6. The van der Waals surface area contributed by atoms with Gasteiger partial charge in [-0.05, 0) is 24.3 Å². The molecule has 3 rings (SSSR count). The second kappa shape index (κ2) is 5.00. The Morgan fingerprint density at radius 3 is 2.70 bits per heavy atom. The van der Waals surface area contributed by atoms with Gasteiger partial charge in [0.25, 0.3) is 0 Å². The maximum atomic E-state index is 11.1. The van der Waals surface area contributed by atoms with Gasteiger partial charge in [0.05, 0.1) is 0 Å². The average Bonchev–Trinajstić information content (AvgIpc) is 2.88. The monoisotopic (exact) mass is 269 g/mol. The molecule has 2 heterocycles. The molecule has 6 nitrogen and oxygen atoms in total. The third-order valence-corrected chi connectivity index (χ3v) is 2.73. The molecule has 0 spiro atoms. The van der Waals surface area contributed by atoms with Crippen molar-refractivity contribution >= 4 is 11.6 Å². The number of nitrogens with zero attached hydrogens (tertiary/aromatic N) is 3. The van der Waals surface area contributed by atoms with Crippen LogP contribution in [0.2, 0.25) is 0 Å². The summed E-state index contributed by atoms with van der Waals surface area (Å²) in [5.41, 5.74) is 0.553. The highest BCUT2D eigenvalue weighted by atomic mass is 16.5. The molecule has 3 aromatic rings. The van der Waals surface area contributed by atoms with Gasteiger partial charge in [0, 0.05) is 0 Å². The zero-order valence-electron chi connectivity index (χ0n) is 10.4. The number of hydrogen-bond donors (Lipinski definition) is 1. The lowest BCUT2D eigenvalue weighted by atomic mass is 10.3. The summed E-state index contributed by atoms with van der Waals surface area (Å²) in [7, 11) is 0. The number of ether oxygens (including phenoxy) is 1. The van der Waals surface area contributed by atoms with E-state index in [-0.39, 0.29) is 12.3 Å². The van der Waals surface area contributed by atoms with Gasteiger partial charge in [-0.2, -0.15) is 0 Å². The first-order valence-corrected chi connectivity index (χ1v) is 6.00. The minimum absolute atomic E-state index is 0.0703. The summed E-state index contributed by atoms with van der Waals surface area (Å²) in [6.45, 7) is 0.185. The van der Waals surface area contributed by atoms with E-state index in [0.717, 1.165) is 0 Å². The highest BCUT2D eigenvalue weighted by Gasteiger charge is 2.12. The number of carboxylic acid groups (broad SMARTS) is 1. The molecule has 0 bridgehead atoms. The van der Waals surface area contributed by atoms with Crippen LogP contribution in [-0.4, -0.2) is 25.7 Å². The summed E-state index contributed by atoms with van der Waals surface area (Å²) in [4.78, 5) is 15.3. The summed E-state index contributed by atoms with van der Waals surface area (Å²) in [5.74, 6) is 0.100. The Balaban J connectivity index is 1.86. The molecule has 0 saturated carbocycles. The first-order chi connectivity index (χ1) is 9.74. The van der Waals surface area contributed by atoms with E-state index in [2.05, 4.69) is 10.1 Å². The van der Waals surface area contributed by atoms with Gasteiger partial charge in [0.2, 0.25) is 0 Å². The van der Waals surface area contributed by atoms with Crippen LogP contribution in [0.25, 0.3) is 5.65 Å². The molecule has 0 saturated heterocycles. The fraction of sp³-hybridized carbons (Fsp3) is 0.0714. The summed E-state index contributed by atoms with van der Waals surface area (Å²) in [6, 6.07) is 14.1. The van der Waals surface area contributed by atoms with Gasteiger partial charge in [0.1, 0.15) is 12.4 Å². The van der Waals surface area contributed by atoms with Crippen molar-refractivity contribution in [2.75, 3.05) is 0 Å². The van der Waals surface area contributed by atoms with Crippen LogP contribution in [0.4, 0.5) is 0 Å². The number of carboxylic acids is 1. The van der Waals surface area contributed by atoms with Crippen LogP contribution in [0, 0.1) is 0 Å². The van der Waals surface area contributed by atoms with Crippen LogP contribution >= 0.6 is 0 Å². The molecule has 2 aromatic heterocycles. The number of benzene rings is 1. The molecule has 0 fully saturated rings. The molecule has 0 aliphatic heterocycles. The Morgan fingerprint density at radius 2 is 1.95 bits per heavy atom. The predicted molar refractivity (Wildman–Crippen MR) is 70.7 cm³/mol. The highest BCUT2D eigenvalue weighted by molar-refractivity contribution is 5.86. The molecule has 20 heavy (non-hydrogen) atoms. The molecule has 6 heteroatoms. The molecule has 0 unspecified atom stereocenters. The Bertz CT molecular complexity index is 753. The van der Waals surface area contributed by atoms with Crippen molar-refractivity contribution in [3.8, 4) is 5.75 Å². The molecular weight excluding hydrogens is 258 g/mol. The number of rotatable bonds is 4. The molecule has 1 aromatic carbocycles. The van der Waals surface area contributed by atoms with Crippen LogP contribution in [-0.2, 0) is 6.61 Å². The van der Waals surface area contributed by atoms with E-state index in [4.69, 9.17) is 9.84 Å². The van der Waals surface area contributed by atoms with Crippen molar-refractivity contribution in [2.45, 2.75) is 6.61 Å². The summed E-state index contributed by atoms with van der Waals surface area (Å²) < 4.78 is 6.83. The van der Waals surface area contributed by atoms with Crippen molar-refractivity contribution in [1.82, 2.24) is 14.6 Å². The number of aromatic carboxylic acids is 1. The van der Waals surface area contributed by atoms with Crippen molar-refractivity contribution in [1.29, 1.82) is 0 Å². The van der Waals surface area contributed by atoms with E-state index < -0.39 is 5.97 Å². The topological polar surface area (TPSA) is 76.7 Å². The van der Waals surface area contributed by atoms with Gasteiger partial charge < -0.3 is 9.84 Å². The van der Waals surface area contributed by atoms with Crippen LogP contribution in [0.15, 0.2) is 48.5 Å². The Hall–Kier alpha value is -2.89. The summed E-state index contributed by atoms with van der Waals surface area (Å²) in [6.07, 6.45) is 0. The Morgan fingerprint density at radius 1 is 1.15 bits per heavy atom. The third-order valence-electron chi connectivity index (χ3n) is 2.73. The smallest absolute Gasteiger partial charge is 0.354 e. The summed E-state index contributed by atoms with van der Waals surface area (Å²) >= 11 is 0. The first-order valence-electron chi connectivity index (χ1n) is 6.00. The predicted octanol–water partition coefficient (Wildman–Crippen LogP) is 2.01. The van der Waals surface area contributed by atoms with Crippen LogP contribution in [0.1, 0.15) is 16.3 Å². The van der Waals surface area contributed by atoms with E-state index in [1.807, 2.05) is 30.3 Å². The molecule has 0 atom stereocenters. The lowest BCUT2D eigenvalue weighted by molar-refractivity contribution is 0.0687. The van der Waals surface area contributed by atoms with Crippen LogP contribution in [0.5, 0.6) is 5.75 Å². The maximum Gasteiger partial charge on any atom is 0.354 e. The fourth-order valence-corrected chi connectivity index (χ4v) is 1.84. The van der Waals surface area contributed by atoms with Crippen molar-refractivity contribution in [2.24, 2.45) is 0 Å². The number of hydrogen-bond acceptors (Lipinski definition) is 4. The molecule has 100 valence electrons. The fourth-order valence-electron chi connectivity index (χ4n) is 1.84. The zero-order valence-corrected chi connectivity index (χ0v) is 10.4. The highest BCUT2D eigenvalue weighted by Crippen LogP contribution is 2.11. The number of fused-ring (bicyclic) bond motifs is 1. The average molecular weight is 269 g/mol. The van der Waals surface area contributed by atoms with E-state index in [9.17, 15) is 4.79 Å². The largest absolute Gasteiger partial charge is 0.486 e. The van der Waals surface area contributed by atoms with Crippen LogP contribution in [0.3, 0.4) is 0 Å². The van der Waals surface area contributed by atoms with E-state index >= 15 is 0 Å². The molecule has 0 amide bonds. The molecule has 0 aliphatic rings.